The van der Waals surface area contributed by atoms with Crippen LogP contribution in [0.1, 0.15) is 43.0 Å². The second-order valence-electron chi connectivity index (χ2n) is 6.83. The number of unbranched alkanes of at least 4 members (excludes halogenated alkanes) is 2. The third kappa shape index (κ3) is 2.76. The fourth-order valence-electron chi connectivity index (χ4n) is 3.96. The summed E-state index contributed by atoms with van der Waals surface area (Å²) in [7, 11) is 0. The number of benzene rings is 2. The lowest BCUT2D eigenvalue weighted by atomic mass is 10.1. The first-order chi connectivity index (χ1) is 11.9. The van der Waals surface area contributed by atoms with Gasteiger partial charge in [0.05, 0.1) is 5.52 Å². The van der Waals surface area contributed by atoms with Gasteiger partial charge in [-0.1, -0.05) is 50.1 Å². The summed E-state index contributed by atoms with van der Waals surface area (Å²) in [4.78, 5) is 0. The molecule has 1 N–H and O–H groups in total. The van der Waals surface area contributed by atoms with Crippen molar-refractivity contribution in [2.24, 2.45) is 0 Å². The Bertz CT molecular complexity index is 844. The van der Waals surface area contributed by atoms with E-state index in [-0.39, 0.29) is 0 Å². The van der Waals surface area contributed by atoms with E-state index in [2.05, 4.69) is 65.3 Å². The fourth-order valence-corrected chi connectivity index (χ4v) is 3.96. The zero-order valence-electron chi connectivity index (χ0n) is 14.5. The number of nitrogens with one attached hydrogen (secondary N) is 1. The number of fused-ring (bicyclic) bond motifs is 3. The SMILES string of the molecule is CCCCCc1cccc(-n2c3c(c4ccccc42)CNCC3)c1. The molecule has 0 unspecified atom stereocenters. The Hall–Kier alpha value is -2.06. The van der Waals surface area contributed by atoms with Crippen molar-refractivity contribution in [1.82, 2.24) is 9.88 Å². The number of hydrogen-bond acceptors (Lipinski definition) is 1. The number of aromatic nitrogens is 1. The molecule has 2 heterocycles. The average molecular weight is 318 g/mol. The molecule has 4 rings (SSSR count). The van der Waals surface area contributed by atoms with Crippen LogP contribution in [-0.4, -0.2) is 11.1 Å². The number of para-hydroxylation sites is 1. The predicted molar refractivity (Wildman–Crippen MR) is 102 cm³/mol. The van der Waals surface area contributed by atoms with E-state index in [1.807, 2.05) is 0 Å². The van der Waals surface area contributed by atoms with Crippen molar-refractivity contribution in [1.29, 1.82) is 0 Å². The van der Waals surface area contributed by atoms with Gasteiger partial charge in [0.2, 0.25) is 0 Å². The summed E-state index contributed by atoms with van der Waals surface area (Å²) >= 11 is 0. The number of rotatable bonds is 5. The number of nitrogens with zero attached hydrogens (tertiary/aromatic N) is 1. The summed E-state index contributed by atoms with van der Waals surface area (Å²) in [5.41, 5.74) is 7.09. The molecule has 2 aromatic carbocycles. The van der Waals surface area contributed by atoms with Gasteiger partial charge in [-0.3, -0.25) is 0 Å². The molecule has 0 bridgehead atoms. The van der Waals surface area contributed by atoms with Gasteiger partial charge < -0.3 is 9.88 Å². The first-order valence-electron chi connectivity index (χ1n) is 9.29. The van der Waals surface area contributed by atoms with Crippen LogP contribution >= 0.6 is 0 Å². The van der Waals surface area contributed by atoms with Gasteiger partial charge in [-0.25, -0.2) is 0 Å². The highest BCUT2D eigenvalue weighted by molar-refractivity contribution is 5.87. The second-order valence-corrected chi connectivity index (χ2v) is 6.83. The summed E-state index contributed by atoms with van der Waals surface area (Å²) in [5.74, 6) is 0. The third-order valence-electron chi connectivity index (χ3n) is 5.17. The predicted octanol–water partition coefficient (Wildman–Crippen LogP) is 5.01. The summed E-state index contributed by atoms with van der Waals surface area (Å²) in [6, 6.07) is 18.0. The highest BCUT2D eigenvalue weighted by atomic mass is 15.0. The van der Waals surface area contributed by atoms with Gasteiger partial charge >= 0.3 is 0 Å². The van der Waals surface area contributed by atoms with Crippen molar-refractivity contribution in [3.05, 3.63) is 65.4 Å². The van der Waals surface area contributed by atoms with E-state index in [0.717, 1.165) is 19.5 Å². The van der Waals surface area contributed by atoms with Crippen molar-refractivity contribution < 1.29 is 0 Å². The first kappa shape index (κ1) is 15.5. The first-order valence-corrected chi connectivity index (χ1v) is 9.29. The van der Waals surface area contributed by atoms with Crippen LogP contribution in [0.2, 0.25) is 0 Å². The van der Waals surface area contributed by atoms with Crippen LogP contribution in [0, 0.1) is 0 Å². The van der Waals surface area contributed by atoms with E-state index < -0.39 is 0 Å². The van der Waals surface area contributed by atoms with Crippen LogP contribution in [-0.2, 0) is 19.4 Å². The highest BCUT2D eigenvalue weighted by Crippen LogP contribution is 2.31. The van der Waals surface area contributed by atoms with Gasteiger partial charge in [-0.05, 0) is 42.2 Å². The molecule has 0 radical (unpaired) electrons. The van der Waals surface area contributed by atoms with Crippen LogP contribution in [0.25, 0.3) is 16.6 Å². The Kier molecular flexibility index (Phi) is 4.40. The summed E-state index contributed by atoms with van der Waals surface area (Å²) in [6.45, 7) is 4.32. The average Bonchev–Trinajstić information content (AvgIpc) is 2.97. The van der Waals surface area contributed by atoms with Crippen LogP contribution in [0.3, 0.4) is 0 Å². The topological polar surface area (TPSA) is 17.0 Å². The Labute approximate surface area is 144 Å². The maximum absolute atomic E-state index is 3.53. The standard InChI is InChI=1S/C22H26N2/c1-2-3-4-8-17-9-7-10-18(15-17)24-21-12-6-5-11-19(21)20-16-23-14-13-22(20)24/h5-7,9-12,15,23H,2-4,8,13-14,16H2,1H3. The monoisotopic (exact) mass is 318 g/mol. The molecule has 0 saturated carbocycles. The smallest absolute Gasteiger partial charge is 0.0534 e. The molecule has 2 heteroatoms. The zero-order valence-corrected chi connectivity index (χ0v) is 14.5. The summed E-state index contributed by atoms with van der Waals surface area (Å²) in [5, 5.41) is 4.93. The van der Waals surface area contributed by atoms with Crippen LogP contribution in [0.4, 0.5) is 0 Å². The van der Waals surface area contributed by atoms with Crippen molar-refractivity contribution in [2.45, 2.75) is 45.6 Å². The molecule has 0 atom stereocenters. The van der Waals surface area contributed by atoms with E-state index in [0.29, 0.717) is 0 Å². The van der Waals surface area contributed by atoms with Gasteiger partial charge in [0.25, 0.3) is 0 Å². The van der Waals surface area contributed by atoms with Crippen LogP contribution in [0.5, 0.6) is 0 Å². The highest BCUT2D eigenvalue weighted by Gasteiger charge is 2.20. The Morgan fingerprint density at radius 1 is 1.04 bits per heavy atom. The molecule has 0 amide bonds. The molecule has 0 aliphatic carbocycles. The van der Waals surface area contributed by atoms with E-state index >= 15 is 0 Å². The zero-order chi connectivity index (χ0) is 16.4. The summed E-state index contributed by atoms with van der Waals surface area (Å²) in [6.07, 6.45) is 6.17. The molecule has 0 fully saturated rings. The maximum atomic E-state index is 3.53. The summed E-state index contributed by atoms with van der Waals surface area (Å²) < 4.78 is 2.49. The van der Waals surface area contributed by atoms with Gasteiger partial charge in [0.15, 0.2) is 0 Å². The normalized spacial score (nSPS) is 14.0. The fraction of sp³-hybridized carbons (Fsp3) is 0.364. The molecular formula is C22H26N2. The van der Waals surface area contributed by atoms with Crippen molar-refractivity contribution in [3.8, 4) is 5.69 Å². The van der Waals surface area contributed by atoms with Crippen molar-refractivity contribution >= 4 is 10.9 Å². The maximum Gasteiger partial charge on any atom is 0.0534 e. The molecule has 0 spiro atoms. The minimum absolute atomic E-state index is 0.985. The number of aryl methyl sites for hydroxylation is 1. The molecule has 24 heavy (non-hydrogen) atoms. The Morgan fingerprint density at radius 2 is 1.96 bits per heavy atom. The van der Waals surface area contributed by atoms with E-state index in [1.54, 1.807) is 0 Å². The van der Waals surface area contributed by atoms with E-state index in [1.165, 1.54) is 59.1 Å². The minimum atomic E-state index is 0.985. The van der Waals surface area contributed by atoms with Gasteiger partial charge in [0, 0.05) is 36.3 Å². The van der Waals surface area contributed by atoms with Gasteiger partial charge in [-0.2, -0.15) is 0 Å². The molecule has 2 nitrogen and oxygen atoms in total. The molecule has 1 aliphatic heterocycles. The lowest BCUT2D eigenvalue weighted by Crippen LogP contribution is -2.24. The van der Waals surface area contributed by atoms with Gasteiger partial charge in [0.1, 0.15) is 0 Å². The molecular weight excluding hydrogens is 292 g/mol. The van der Waals surface area contributed by atoms with E-state index in [4.69, 9.17) is 0 Å². The van der Waals surface area contributed by atoms with Crippen LogP contribution in [0.15, 0.2) is 48.5 Å². The molecule has 0 saturated heterocycles. The van der Waals surface area contributed by atoms with Crippen molar-refractivity contribution in [3.63, 3.8) is 0 Å². The third-order valence-corrected chi connectivity index (χ3v) is 5.17. The minimum Gasteiger partial charge on any atom is -0.313 e. The Morgan fingerprint density at radius 3 is 2.88 bits per heavy atom. The lowest BCUT2D eigenvalue weighted by molar-refractivity contribution is 0.631. The molecule has 3 aromatic rings. The number of hydrogen-bond donors (Lipinski definition) is 1. The molecule has 1 aromatic heterocycles. The molecule has 124 valence electrons. The quantitative estimate of drug-likeness (QED) is 0.654. The van der Waals surface area contributed by atoms with Crippen LogP contribution < -0.4 is 5.32 Å². The largest absolute Gasteiger partial charge is 0.313 e. The lowest BCUT2D eigenvalue weighted by Gasteiger charge is -2.17. The second kappa shape index (κ2) is 6.82. The Balaban J connectivity index is 1.80. The molecule has 1 aliphatic rings. The van der Waals surface area contributed by atoms with Crippen molar-refractivity contribution in [2.75, 3.05) is 6.54 Å². The van der Waals surface area contributed by atoms with E-state index in [9.17, 15) is 0 Å². The van der Waals surface area contributed by atoms with Gasteiger partial charge in [-0.15, -0.1) is 0 Å².